The minimum Gasteiger partial charge on any atom is -0.493 e. The summed E-state index contributed by atoms with van der Waals surface area (Å²) in [6.07, 6.45) is 1.53. The Morgan fingerprint density at radius 1 is 0.688 bits per heavy atom. The number of thioether (sulfide) groups is 1. The molecule has 1 unspecified atom stereocenters. The van der Waals surface area contributed by atoms with Crippen LogP contribution in [0, 0.1) is 0 Å². The summed E-state index contributed by atoms with van der Waals surface area (Å²) in [6.45, 7) is 1.82. The zero-order valence-electron chi connectivity index (χ0n) is 26.9. The van der Waals surface area contributed by atoms with Crippen molar-refractivity contribution in [1.29, 1.82) is 0 Å². The zero-order valence-corrected chi connectivity index (χ0v) is 27.7. The van der Waals surface area contributed by atoms with Crippen molar-refractivity contribution in [2.24, 2.45) is 0 Å². The number of anilines is 2. The van der Waals surface area contributed by atoms with Crippen LogP contribution in [-0.4, -0.2) is 44.3 Å². The van der Waals surface area contributed by atoms with Gasteiger partial charge in [-0.3, -0.25) is 14.4 Å². The van der Waals surface area contributed by atoms with E-state index in [1.54, 1.807) is 60.7 Å². The summed E-state index contributed by atoms with van der Waals surface area (Å²) >= 11 is 1.36. The number of hydrogen-bond donors (Lipinski definition) is 3. The van der Waals surface area contributed by atoms with E-state index < -0.39 is 17.1 Å². The van der Waals surface area contributed by atoms with Crippen molar-refractivity contribution in [3.05, 3.63) is 126 Å². The first-order valence-corrected chi connectivity index (χ1v) is 15.9. The lowest BCUT2D eigenvalue weighted by Gasteiger charge is -2.15. The van der Waals surface area contributed by atoms with Gasteiger partial charge in [0.2, 0.25) is 11.7 Å². The van der Waals surface area contributed by atoms with Gasteiger partial charge in [0, 0.05) is 21.8 Å². The Morgan fingerprint density at radius 2 is 1.35 bits per heavy atom. The summed E-state index contributed by atoms with van der Waals surface area (Å²) in [4.78, 5) is 40.7. The van der Waals surface area contributed by atoms with Gasteiger partial charge in [-0.25, -0.2) is 0 Å². The summed E-state index contributed by atoms with van der Waals surface area (Å²) in [5.74, 6) is 0.00799. The van der Waals surface area contributed by atoms with Crippen molar-refractivity contribution >= 4 is 57.7 Å². The number of ether oxygens (including phenoxy) is 3. The maximum Gasteiger partial charge on any atom is 0.272 e. The molecule has 244 valence electrons. The SMILES string of the molecule is COc1cc(/C=C(/NC(=O)c2ccccc2)C(=O)Nc2cccc(SC(C)C(=O)Nc3ccc4ccccc4c3)c2)cc(OC)c1OC. The van der Waals surface area contributed by atoms with Crippen LogP contribution < -0.4 is 30.2 Å². The molecule has 3 N–H and O–H groups in total. The third-order valence-corrected chi connectivity index (χ3v) is 8.41. The summed E-state index contributed by atoms with van der Waals surface area (Å²) in [7, 11) is 4.49. The number of rotatable bonds is 12. The van der Waals surface area contributed by atoms with Gasteiger partial charge in [0.1, 0.15) is 5.70 Å². The van der Waals surface area contributed by atoms with Crippen molar-refractivity contribution in [2.45, 2.75) is 17.1 Å². The van der Waals surface area contributed by atoms with E-state index in [1.165, 1.54) is 39.2 Å². The molecule has 3 amide bonds. The number of amides is 3. The Bertz CT molecular complexity index is 1950. The van der Waals surface area contributed by atoms with Crippen molar-refractivity contribution in [2.75, 3.05) is 32.0 Å². The Kier molecular flexibility index (Phi) is 11.0. The molecular weight excluding hydrogens is 627 g/mol. The van der Waals surface area contributed by atoms with Crippen molar-refractivity contribution in [3.8, 4) is 17.2 Å². The smallest absolute Gasteiger partial charge is 0.272 e. The Morgan fingerprint density at radius 3 is 2.04 bits per heavy atom. The normalized spacial score (nSPS) is 11.7. The fraction of sp³-hybridized carbons (Fsp3) is 0.132. The molecule has 0 spiro atoms. The lowest BCUT2D eigenvalue weighted by molar-refractivity contribution is -0.115. The number of carbonyl (C=O) groups is 3. The predicted molar refractivity (Wildman–Crippen MR) is 191 cm³/mol. The first-order chi connectivity index (χ1) is 23.3. The van der Waals surface area contributed by atoms with E-state index in [1.807, 2.05) is 55.5 Å². The van der Waals surface area contributed by atoms with E-state index in [4.69, 9.17) is 14.2 Å². The molecule has 5 aromatic rings. The van der Waals surface area contributed by atoms with Crippen molar-refractivity contribution in [1.82, 2.24) is 5.32 Å². The van der Waals surface area contributed by atoms with Crippen molar-refractivity contribution in [3.63, 3.8) is 0 Å². The maximum atomic E-state index is 13.7. The van der Waals surface area contributed by atoms with Crippen LogP contribution >= 0.6 is 11.8 Å². The Hall–Kier alpha value is -5.74. The lowest BCUT2D eigenvalue weighted by Crippen LogP contribution is -2.30. The molecule has 0 aliphatic carbocycles. The van der Waals surface area contributed by atoms with Crippen LogP contribution in [0.1, 0.15) is 22.8 Å². The molecule has 1 atom stereocenters. The minimum absolute atomic E-state index is 0.0145. The largest absolute Gasteiger partial charge is 0.493 e. The van der Waals surface area contributed by atoms with Crippen LogP contribution in [0.15, 0.2) is 120 Å². The number of hydrogen-bond acceptors (Lipinski definition) is 7. The molecule has 5 aromatic carbocycles. The topological polar surface area (TPSA) is 115 Å². The minimum atomic E-state index is -0.558. The molecule has 48 heavy (non-hydrogen) atoms. The van der Waals surface area contributed by atoms with E-state index in [-0.39, 0.29) is 11.6 Å². The zero-order chi connectivity index (χ0) is 34.0. The highest BCUT2D eigenvalue weighted by Crippen LogP contribution is 2.38. The molecule has 0 fully saturated rings. The van der Waals surface area contributed by atoms with Crippen molar-refractivity contribution < 1.29 is 28.6 Å². The van der Waals surface area contributed by atoms with E-state index in [0.717, 1.165) is 21.4 Å². The van der Waals surface area contributed by atoms with Crippen LogP contribution in [0.25, 0.3) is 16.8 Å². The van der Waals surface area contributed by atoms with Gasteiger partial charge in [-0.1, -0.05) is 54.6 Å². The third kappa shape index (κ3) is 8.34. The van der Waals surface area contributed by atoms with Gasteiger partial charge >= 0.3 is 0 Å². The second-order valence-corrected chi connectivity index (χ2v) is 12.0. The van der Waals surface area contributed by atoms with Gasteiger partial charge in [0.05, 0.1) is 26.6 Å². The van der Waals surface area contributed by atoms with Gasteiger partial charge in [-0.15, -0.1) is 11.8 Å². The van der Waals surface area contributed by atoms with E-state index in [2.05, 4.69) is 16.0 Å². The van der Waals surface area contributed by atoms with Crippen LogP contribution in [0.5, 0.6) is 17.2 Å². The van der Waals surface area contributed by atoms with Crippen LogP contribution in [0.3, 0.4) is 0 Å². The van der Waals surface area contributed by atoms with E-state index in [9.17, 15) is 14.4 Å². The summed E-state index contributed by atoms with van der Waals surface area (Å²) in [5.41, 5.74) is 2.10. The molecule has 9 nitrogen and oxygen atoms in total. The molecule has 0 aromatic heterocycles. The van der Waals surface area contributed by atoms with E-state index >= 15 is 0 Å². The molecule has 0 saturated heterocycles. The number of benzene rings is 5. The molecule has 0 saturated carbocycles. The monoisotopic (exact) mass is 661 g/mol. The van der Waals surface area contributed by atoms with Gasteiger partial charge in [0.15, 0.2) is 11.5 Å². The van der Waals surface area contributed by atoms with E-state index in [0.29, 0.717) is 34.1 Å². The molecule has 0 radical (unpaired) electrons. The first-order valence-electron chi connectivity index (χ1n) is 15.0. The Labute approximate surface area is 283 Å². The summed E-state index contributed by atoms with van der Waals surface area (Å²) in [6, 6.07) is 32.9. The lowest BCUT2D eigenvalue weighted by atomic mass is 10.1. The highest BCUT2D eigenvalue weighted by molar-refractivity contribution is 8.00. The molecule has 0 aliphatic rings. The standard InChI is InChI=1S/C38H35N3O6S/c1-24(36(42)39-30-18-17-26-11-8-9-14-28(26)22-30)48-31-16-10-15-29(23-31)40-38(44)32(41-37(43)27-12-6-5-7-13-27)19-25-20-33(45-2)35(47-4)34(21-25)46-3/h5-24H,1-4H3,(H,39,42)(H,40,44)(H,41,43)/b32-19+. The van der Waals surface area contributed by atoms with Gasteiger partial charge in [-0.05, 0) is 83.9 Å². The highest BCUT2D eigenvalue weighted by Gasteiger charge is 2.19. The number of nitrogens with one attached hydrogen (secondary N) is 3. The molecule has 0 bridgehead atoms. The molecule has 0 aliphatic heterocycles. The quantitative estimate of drug-likeness (QED) is 0.0943. The number of methoxy groups -OCH3 is 3. The van der Waals surface area contributed by atoms with Crippen LogP contribution in [-0.2, 0) is 9.59 Å². The molecule has 5 rings (SSSR count). The summed E-state index contributed by atoms with van der Waals surface area (Å²) < 4.78 is 16.4. The predicted octanol–water partition coefficient (Wildman–Crippen LogP) is 7.39. The number of carbonyl (C=O) groups excluding carboxylic acids is 3. The van der Waals surface area contributed by atoms with Crippen LogP contribution in [0.4, 0.5) is 11.4 Å². The second-order valence-electron chi connectivity index (χ2n) is 10.6. The molecule has 10 heteroatoms. The molecular formula is C38H35N3O6S. The van der Waals surface area contributed by atoms with Gasteiger partial charge in [0.25, 0.3) is 11.8 Å². The number of fused-ring (bicyclic) bond motifs is 1. The first kappa shape index (κ1) is 33.6. The average Bonchev–Trinajstić information content (AvgIpc) is 3.11. The van der Waals surface area contributed by atoms with Gasteiger partial charge in [-0.2, -0.15) is 0 Å². The molecule has 0 heterocycles. The van der Waals surface area contributed by atoms with Gasteiger partial charge < -0.3 is 30.2 Å². The average molecular weight is 662 g/mol. The van der Waals surface area contributed by atoms with Crippen LogP contribution in [0.2, 0.25) is 0 Å². The highest BCUT2D eigenvalue weighted by atomic mass is 32.2. The summed E-state index contributed by atoms with van der Waals surface area (Å²) in [5, 5.41) is 10.3. The second kappa shape index (κ2) is 15.7. The third-order valence-electron chi connectivity index (χ3n) is 7.32. The maximum absolute atomic E-state index is 13.7. The fourth-order valence-corrected chi connectivity index (χ4v) is 5.83. The fourth-order valence-electron chi connectivity index (χ4n) is 4.91. The Balaban J connectivity index is 1.34.